The van der Waals surface area contributed by atoms with E-state index in [1.54, 1.807) is 11.3 Å². The topological polar surface area (TPSA) is 30.2 Å². The first kappa shape index (κ1) is 10.9. The number of benzene rings is 1. The smallest absolute Gasteiger partial charge is 0.212 e. The van der Waals surface area contributed by atoms with Gasteiger partial charge in [0.05, 0.1) is 11.9 Å². The number of rotatable bonds is 2. The molecule has 0 aliphatic carbocycles. The molecule has 2 aromatic heterocycles. The number of aromatic nitrogens is 3. The molecule has 5 heteroatoms. The molecule has 1 aromatic carbocycles. The predicted molar refractivity (Wildman–Crippen MR) is 73.4 cm³/mol. The van der Waals surface area contributed by atoms with Crippen molar-refractivity contribution in [3.05, 3.63) is 39.9 Å². The van der Waals surface area contributed by atoms with Gasteiger partial charge in [-0.3, -0.25) is 0 Å². The highest BCUT2D eigenvalue weighted by Gasteiger charge is 2.08. The van der Waals surface area contributed by atoms with E-state index in [4.69, 9.17) is 0 Å². The van der Waals surface area contributed by atoms with Crippen LogP contribution in [0.3, 0.4) is 0 Å². The Balaban J connectivity index is 2.09. The summed E-state index contributed by atoms with van der Waals surface area (Å²) < 4.78 is 2.92. The summed E-state index contributed by atoms with van der Waals surface area (Å²) in [5, 5.41) is 5.58. The van der Waals surface area contributed by atoms with Crippen molar-refractivity contribution in [2.75, 3.05) is 0 Å². The Morgan fingerprint density at radius 1 is 1.41 bits per heavy atom. The molecule has 2 heterocycles. The Morgan fingerprint density at radius 2 is 2.29 bits per heavy atom. The first-order valence-electron chi connectivity index (χ1n) is 5.37. The molecular weight excluding hydrogens is 298 g/mol. The molecule has 0 unspecified atom stereocenters. The highest BCUT2D eigenvalue weighted by atomic mass is 79.9. The molecule has 0 spiro atoms. The van der Waals surface area contributed by atoms with E-state index in [0.29, 0.717) is 0 Å². The van der Waals surface area contributed by atoms with E-state index in [9.17, 15) is 0 Å². The van der Waals surface area contributed by atoms with Crippen LogP contribution >= 0.6 is 27.3 Å². The van der Waals surface area contributed by atoms with Gasteiger partial charge in [0.15, 0.2) is 0 Å². The summed E-state index contributed by atoms with van der Waals surface area (Å²) in [6, 6.07) is 8.14. The van der Waals surface area contributed by atoms with Crippen LogP contribution < -0.4 is 0 Å². The van der Waals surface area contributed by atoms with Gasteiger partial charge in [-0.15, -0.1) is 0 Å². The number of nitrogens with zero attached hydrogens (tertiary/aromatic N) is 3. The molecule has 3 nitrogen and oxygen atoms in total. The minimum Gasteiger partial charge on any atom is -0.217 e. The molecule has 0 atom stereocenters. The van der Waals surface area contributed by atoms with Gasteiger partial charge in [0.2, 0.25) is 4.96 Å². The number of hydrogen-bond acceptors (Lipinski definition) is 3. The Morgan fingerprint density at radius 3 is 3.00 bits per heavy atom. The van der Waals surface area contributed by atoms with Gasteiger partial charge in [0, 0.05) is 10.0 Å². The summed E-state index contributed by atoms with van der Waals surface area (Å²) in [4.78, 5) is 5.55. The van der Waals surface area contributed by atoms with Crippen molar-refractivity contribution in [3.8, 4) is 11.3 Å². The maximum atomic E-state index is 4.59. The monoisotopic (exact) mass is 307 g/mol. The van der Waals surface area contributed by atoms with Crippen molar-refractivity contribution in [2.45, 2.75) is 13.3 Å². The Bertz CT molecular complexity index is 640. The largest absolute Gasteiger partial charge is 0.217 e. The number of fused-ring (bicyclic) bond motifs is 1. The zero-order valence-corrected chi connectivity index (χ0v) is 11.6. The first-order valence-corrected chi connectivity index (χ1v) is 6.98. The number of halogens is 1. The SMILES string of the molecule is CCc1nn2cc(-c3cccc(Br)c3)nc2s1. The molecule has 0 fully saturated rings. The van der Waals surface area contributed by atoms with Crippen LogP contribution in [0.1, 0.15) is 11.9 Å². The molecule has 0 aliphatic rings. The van der Waals surface area contributed by atoms with Gasteiger partial charge >= 0.3 is 0 Å². The lowest BCUT2D eigenvalue weighted by Crippen LogP contribution is -1.83. The second-order valence-corrected chi connectivity index (χ2v) is 5.67. The summed E-state index contributed by atoms with van der Waals surface area (Å²) in [6.07, 6.45) is 2.94. The normalized spacial score (nSPS) is 11.2. The molecule has 17 heavy (non-hydrogen) atoms. The maximum Gasteiger partial charge on any atom is 0.212 e. The van der Waals surface area contributed by atoms with Gasteiger partial charge in [0.1, 0.15) is 5.01 Å². The molecule has 0 saturated heterocycles. The summed E-state index contributed by atoms with van der Waals surface area (Å²) in [6.45, 7) is 2.10. The van der Waals surface area contributed by atoms with Crippen molar-refractivity contribution in [1.82, 2.24) is 14.6 Å². The zero-order chi connectivity index (χ0) is 11.8. The molecule has 0 radical (unpaired) electrons. The standard InChI is InChI=1S/C12H10BrN3S/c1-2-11-15-16-7-10(14-12(16)17-11)8-4-3-5-9(13)6-8/h3-7H,2H2,1H3. The lowest BCUT2D eigenvalue weighted by molar-refractivity contribution is 0.910. The minimum absolute atomic E-state index is 0.955. The number of aryl methyl sites for hydroxylation is 1. The first-order chi connectivity index (χ1) is 8.26. The van der Waals surface area contributed by atoms with Crippen molar-refractivity contribution in [2.24, 2.45) is 0 Å². The van der Waals surface area contributed by atoms with Crippen molar-refractivity contribution in [1.29, 1.82) is 0 Å². The van der Waals surface area contributed by atoms with E-state index in [1.165, 1.54) is 0 Å². The van der Waals surface area contributed by atoms with E-state index in [-0.39, 0.29) is 0 Å². The second-order valence-electron chi connectivity index (χ2n) is 3.71. The van der Waals surface area contributed by atoms with Crippen molar-refractivity contribution < 1.29 is 0 Å². The van der Waals surface area contributed by atoms with Gasteiger partial charge in [0.25, 0.3) is 0 Å². The third-order valence-electron chi connectivity index (χ3n) is 2.51. The molecule has 0 amide bonds. The van der Waals surface area contributed by atoms with Gasteiger partial charge in [-0.1, -0.05) is 46.3 Å². The fourth-order valence-corrected chi connectivity index (χ4v) is 2.89. The molecule has 3 rings (SSSR count). The van der Waals surface area contributed by atoms with Crippen LogP contribution in [0.5, 0.6) is 0 Å². The van der Waals surface area contributed by atoms with Gasteiger partial charge in [-0.05, 0) is 18.6 Å². The maximum absolute atomic E-state index is 4.59. The fourth-order valence-electron chi connectivity index (χ4n) is 1.67. The molecule has 3 aromatic rings. The van der Waals surface area contributed by atoms with Crippen LogP contribution in [0.25, 0.3) is 16.2 Å². The highest BCUT2D eigenvalue weighted by Crippen LogP contribution is 2.24. The van der Waals surface area contributed by atoms with E-state index >= 15 is 0 Å². The van der Waals surface area contributed by atoms with Crippen LogP contribution in [0, 0.1) is 0 Å². The van der Waals surface area contributed by atoms with Gasteiger partial charge in [-0.25, -0.2) is 9.50 Å². The molecule has 0 aliphatic heterocycles. The van der Waals surface area contributed by atoms with Gasteiger partial charge in [-0.2, -0.15) is 5.10 Å². The molecule has 0 saturated carbocycles. The van der Waals surface area contributed by atoms with Crippen LogP contribution in [0.4, 0.5) is 0 Å². The molecule has 86 valence electrons. The van der Waals surface area contributed by atoms with Crippen LogP contribution in [-0.2, 0) is 6.42 Å². The molecular formula is C12H10BrN3S. The Kier molecular flexibility index (Phi) is 2.72. The second kappa shape index (κ2) is 4.23. The van der Waals surface area contributed by atoms with Crippen molar-refractivity contribution in [3.63, 3.8) is 0 Å². The number of hydrogen-bond donors (Lipinski definition) is 0. The third kappa shape index (κ3) is 2.00. The van der Waals surface area contributed by atoms with E-state index in [0.717, 1.165) is 32.1 Å². The lowest BCUT2D eigenvalue weighted by atomic mass is 10.2. The molecule has 0 N–H and O–H groups in total. The molecule has 0 bridgehead atoms. The summed E-state index contributed by atoms with van der Waals surface area (Å²) in [5.41, 5.74) is 2.07. The average Bonchev–Trinajstić information content (AvgIpc) is 2.86. The lowest BCUT2D eigenvalue weighted by Gasteiger charge is -1.96. The van der Waals surface area contributed by atoms with Crippen molar-refractivity contribution >= 4 is 32.2 Å². The number of imidazole rings is 1. The van der Waals surface area contributed by atoms with E-state index < -0.39 is 0 Å². The van der Waals surface area contributed by atoms with Gasteiger partial charge < -0.3 is 0 Å². The Labute approximate surface area is 111 Å². The summed E-state index contributed by atoms with van der Waals surface area (Å²) >= 11 is 5.12. The fraction of sp³-hybridized carbons (Fsp3) is 0.167. The highest BCUT2D eigenvalue weighted by molar-refractivity contribution is 9.10. The van der Waals surface area contributed by atoms with E-state index in [2.05, 4.69) is 45.1 Å². The summed E-state index contributed by atoms with van der Waals surface area (Å²) in [5.74, 6) is 0. The average molecular weight is 308 g/mol. The predicted octanol–water partition coefficient (Wildman–Crippen LogP) is 3.78. The summed E-state index contributed by atoms with van der Waals surface area (Å²) in [7, 11) is 0. The quantitative estimate of drug-likeness (QED) is 0.721. The van der Waals surface area contributed by atoms with Crippen LogP contribution in [-0.4, -0.2) is 14.6 Å². The van der Waals surface area contributed by atoms with E-state index in [1.807, 2.05) is 22.8 Å². The zero-order valence-electron chi connectivity index (χ0n) is 9.22. The van der Waals surface area contributed by atoms with Crippen LogP contribution in [0.2, 0.25) is 0 Å². The minimum atomic E-state index is 0.955. The Hall–Kier alpha value is -1.20. The van der Waals surface area contributed by atoms with Crippen LogP contribution in [0.15, 0.2) is 34.9 Å². The third-order valence-corrected chi connectivity index (χ3v) is 4.07.